The second-order valence-corrected chi connectivity index (χ2v) is 1.81. The van der Waals surface area contributed by atoms with Crippen molar-refractivity contribution in [1.82, 2.24) is 9.36 Å². The normalized spacial score (nSPS) is 7.67. The summed E-state index contributed by atoms with van der Waals surface area (Å²) in [7, 11) is 0. The molecule has 3 heteroatoms. The average molecular weight is 142 g/mol. The van der Waals surface area contributed by atoms with Gasteiger partial charge in [0.15, 0.2) is 0 Å². The largest absolute Gasteiger partial charge is 0.228 e. The second-order valence-electron chi connectivity index (χ2n) is 1.20. The lowest BCUT2D eigenvalue weighted by Crippen LogP contribution is -1.78. The van der Waals surface area contributed by atoms with Crippen LogP contribution in [0.1, 0.15) is 12.7 Å². The van der Waals surface area contributed by atoms with Crippen molar-refractivity contribution in [3.63, 3.8) is 0 Å². The van der Waals surface area contributed by atoms with Crippen molar-refractivity contribution < 1.29 is 0 Å². The van der Waals surface area contributed by atoms with Crippen molar-refractivity contribution in [2.45, 2.75) is 13.3 Å². The molecule has 0 aliphatic carbocycles. The molecule has 2 nitrogen and oxygen atoms in total. The van der Waals surface area contributed by atoms with Gasteiger partial charge in [-0.1, -0.05) is 6.92 Å². The molecule has 50 valence electrons. The van der Waals surface area contributed by atoms with Crippen LogP contribution in [0.4, 0.5) is 0 Å². The van der Waals surface area contributed by atoms with Gasteiger partial charge in [0.1, 0.15) is 11.3 Å². The summed E-state index contributed by atoms with van der Waals surface area (Å²) in [5.41, 5.74) is 1.75. The molecule has 0 atom stereocenters. The average Bonchev–Trinajstić information content (AvgIpc) is 2.43. The van der Waals surface area contributed by atoms with Crippen LogP contribution in [0, 0.1) is 0 Å². The van der Waals surface area contributed by atoms with E-state index in [-0.39, 0.29) is 0 Å². The van der Waals surface area contributed by atoms with Gasteiger partial charge in [0, 0.05) is 6.42 Å². The first-order valence-corrected chi connectivity index (χ1v) is 3.52. The first-order valence-electron chi connectivity index (χ1n) is 2.68. The molecule has 0 saturated carbocycles. The van der Waals surface area contributed by atoms with Crippen molar-refractivity contribution in [2.24, 2.45) is 0 Å². The third-order valence-electron chi connectivity index (χ3n) is 0.723. The van der Waals surface area contributed by atoms with Gasteiger partial charge in [0.25, 0.3) is 0 Å². The SMILES string of the molecule is C=C.CCc1ncsn1. The fourth-order valence-corrected chi connectivity index (χ4v) is 0.862. The number of hydrogen-bond acceptors (Lipinski definition) is 3. The second kappa shape index (κ2) is 5.44. The molecule has 0 spiro atoms. The molecule has 9 heavy (non-hydrogen) atoms. The predicted molar refractivity (Wildman–Crippen MR) is 40.5 cm³/mol. The van der Waals surface area contributed by atoms with Crippen LogP contribution in [0.25, 0.3) is 0 Å². The van der Waals surface area contributed by atoms with Gasteiger partial charge < -0.3 is 0 Å². The van der Waals surface area contributed by atoms with Gasteiger partial charge in [-0.15, -0.1) is 13.2 Å². The standard InChI is InChI=1S/C4H6N2S.C2H4/c1-2-4-5-3-7-6-4;1-2/h3H,2H2,1H3;1-2H2. The van der Waals surface area contributed by atoms with E-state index in [4.69, 9.17) is 0 Å². The van der Waals surface area contributed by atoms with Crippen molar-refractivity contribution >= 4 is 11.5 Å². The summed E-state index contributed by atoms with van der Waals surface area (Å²) < 4.78 is 3.97. The van der Waals surface area contributed by atoms with E-state index in [1.54, 1.807) is 5.51 Å². The fraction of sp³-hybridized carbons (Fsp3) is 0.333. The molecule has 1 heterocycles. The minimum absolute atomic E-state index is 0.948. The molecular formula is C6H10N2S. The summed E-state index contributed by atoms with van der Waals surface area (Å²) in [6.07, 6.45) is 0.948. The molecule has 1 rings (SSSR count). The number of aryl methyl sites for hydroxylation is 1. The van der Waals surface area contributed by atoms with Crippen LogP contribution in [0.15, 0.2) is 18.7 Å². The zero-order valence-electron chi connectivity index (χ0n) is 5.50. The number of hydrogen-bond donors (Lipinski definition) is 0. The molecule has 0 amide bonds. The van der Waals surface area contributed by atoms with Gasteiger partial charge in [-0.25, -0.2) is 4.98 Å². The highest BCUT2D eigenvalue weighted by molar-refractivity contribution is 7.03. The van der Waals surface area contributed by atoms with Crippen LogP contribution in [0.2, 0.25) is 0 Å². The van der Waals surface area contributed by atoms with E-state index < -0.39 is 0 Å². The predicted octanol–water partition coefficient (Wildman–Crippen LogP) is 1.90. The van der Waals surface area contributed by atoms with Crippen LogP contribution in [-0.4, -0.2) is 9.36 Å². The number of aromatic nitrogens is 2. The van der Waals surface area contributed by atoms with Gasteiger partial charge in [-0.2, -0.15) is 4.37 Å². The van der Waals surface area contributed by atoms with Gasteiger partial charge in [0.05, 0.1) is 0 Å². The highest BCUT2D eigenvalue weighted by atomic mass is 32.1. The van der Waals surface area contributed by atoms with E-state index in [2.05, 4.69) is 22.5 Å². The lowest BCUT2D eigenvalue weighted by atomic mass is 10.5. The number of rotatable bonds is 1. The van der Waals surface area contributed by atoms with Crippen LogP contribution >= 0.6 is 11.5 Å². The first-order chi connectivity index (χ1) is 4.43. The van der Waals surface area contributed by atoms with Crippen LogP contribution in [-0.2, 0) is 6.42 Å². The molecule has 0 unspecified atom stereocenters. The van der Waals surface area contributed by atoms with Gasteiger partial charge >= 0.3 is 0 Å². The molecule has 0 aliphatic rings. The smallest absolute Gasteiger partial charge is 0.141 e. The molecule has 0 bridgehead atoms. The minimum atomic E-state index is 0.948. The zero-order valence-corrected chi connectivity index (χ0v) is 6.32. The van der Waals surface area contributed by atoms with E-state index in [0.29, 0.717) is 0 Å². The van der Waals surface area contributed by atoms with Crippen LogP contribution in [0.3, 0.4) is 0 Å². The maximum atomic E-state index is 3.97. The molecule has 0 fully saturated rings. The maximum Gasteiger partial charge on any atom is 0.141 e. The van der Waals surface area contributed by atoms with E-state index >= 15 is 0 Å². The van der Waals surface area contributed by atoms with Crippen LogP contribution in [0.5, 0.6) is 0 Å². The summed E-state index contributed by atoms with van der Waals surface area (Å²) in [4.78, 5) is 3.94. The van der Waals surface area contributed by atoms with E-state index in [1.165, 1.54) is 11.5 Å². The highest BCUT2D eigenvalue weighted by Gasteiger charge is 1.86. The molecule has 0 saturated heterocycles. The molecule has 0 aliphatic heterocycles. The third-order valence-corrected chi connectivity index (χ3v) is 1.24. The van der Waals surface area contributed by atoms with Crippen molar-refractivity contribution in [3.05, 3.63) is 24.5 Å². The summed E-state index contributed by atoms with van der Waals surface area (Å²) in [5, 5.41) is 0. The van der Waals surface area contributed by atoms with E-state index in [1.807, 2.05) is 6.92 Å². The summed E-state index contributed by atoms with van der Waals surface area (Å²) in [6.45, 7) is 8.04. The Bertz CT molecular complexity index is 137. The Kier molecular flexibility index (Phi) is 5.01. The van der Waals surface area contributed by atoms with Crippen LogP contribution < -0.4 is 0 Å². The number of nitrogens with zero attached hydrogens (tertiary/aromatic N) is 2. The Labute approximate surface area is 59.4 Å². The topological polar surface area (TPSA) is 25.8 Å². The molecule has 0 aromatic carbocycles. The molecular weight excluding hydrogens is 132 g/mol. The Morgan fingerprint density at radius 3 is 2.56 bits per heavy atom. The van der Waals surface area contributed by atoms with Gasteiger partial charge in [-0.3, -0.25) is 0 Å². The lowest BCUT2D eigenvalue weighted by Gasteiger charge is -1.75. The molecule has 1 aromatic heterocycles. The van der Waals surface area contributed by atoms with Gasteiger partial charge in [-0.05, 0) is 11.5 Å². The van der Waals surface area contributed by atoms with Crippen molar-refractivity contribution in [3.8, 4) is 0 Å². The molecule has 1 aromatic rings. The Morgan fingerprint density at radius 2 is 2.33 bits per heavy atom. The lowest BCUT2D eigenvalue weighted by molar-refractivity contribution is 0.999. The summed E-state index contributed by atoms with van der Waals surface area (Å²) >= 11 is 1.40. The van der Waals surface area contributed by atoms with Crippen molar-refractivity contribution in [2.75, 3.05) is 0 Å². The molecule has 0 radical (unpaired) electrons. The Morgan fingerprint density at radius 1 is 1.67 bits per heavy atom. The first kappa shape index (κ1) is 8.30. The highest BCUT2D eigenvalue weighted by Crippen LogP contribution is 1.92. The summed E-state index contributed by atoms with van der Waals surface area (Å²) in [6, 6.07) is 0. The Hall–Kier alpha value is -0.700. The zero-order chi connectivity index (χ0) is 7.11. The van der Waals surface area contributed by atoms with Crippen molar-refractivity contribution in [1.29, 1.82) is 0 Å². The summed E-state index contributed by atoms with van der Waals surface area (Å²) in [5.74, 6) is 0.949. The van der Waals surface area contributed by atoms with Gasteiger partial charge in [0.2, 0.25) is 0 Å². The quantitative estimate of drug-likeness (QED) is 0.560. The Balaban J connectivity index is 0.000000291. The van der Waals surface area contributed by atoms with E-state index in [0.717, 1.165) is 12.2 Å². The van der Waals surface area contributed by atoms with E-state index in [9.17, 15) is 0 Å². The molecule has 0 N–H and O–H groups in total. The fourth-order valence-electron chi connectivity index (χ4n) is 0.348. The minimum Gasteiger partial charge on any atom is -0.228 e. The monoisotopic (exact) mass is 142 g/mol. The third kappa shape index (κ3) is 2.98. The maximum absolute atomic E-state index is 3.97.